The molecule has 0 amide bonds. The molecule has 3 aromatic rings. The summed E-state index contributed by atoms with van der Waals surface area (Å²) in [6.07, 6.45) is 1.68. The smallest absolute Gasteiger partial charge is 0.226 e. The maximum Gasteiger partial charge on any atom is 0.226 e. The number of hydrogen-bond donors (Lipinski definition) is 2. The monoisotopic (exact) mass is 505 g/mol. The zero-order valence-corrected chi connectivity index (χ0v) is 19.2. The molecule has 2 N–H and O–H groups in total. The molecule has 29 heavy (non-hydrogen) atoms. The highest BCUT2D eigenvalue weighted by molar-refractivity contribution is 14.0. The maximum absolute atomic E-state index is 5.57. The van der Waals surface area contributed by atoms with Gasteiger partial charge in [0, 0.05) is 32.2 Å². The summed E-state index contributed by atoms with van der Waals surface area (Å²) in [5.74, 6) is 1.38. The second-order valence-electron chi connectivity index (χ2n) is 6.59. The van der Waals surface area contributed by atoms with Crippen molar-refractivity contribution in [2.24, 2.45) is 4.99 Å². The number of aromatic nitrogens is 1. The van der Waals surface area contributed by atoms with Gasteiger partial charge in [-0.3, -0.25) is 4.99 Å². The minimum Gasteiger partial charge on any atom is -0.444 e. The molecule has 0 saturated heterocycles. The number of aliphatic imine (C=N–C) groups is 1. The van der Waals surface area contributed by atoms with Gasteiger partial charge in [-0.25, -0.2) is 4.98 Å². The van der Waals surface area contributed by atoms with Gasteiger partial charge in [-0.1, -0.05) is 48.5 Å². The van der Waals surface area contributed by atoms with Crippen molar-refractivity contribution in [3.63, 3.8) is 0 Å². The van der Waals surface area contributed by atoms with Crippen molar-refractivity contribution in [2.75, 3.05) is 27.2 Å². The minimum atomic E-state index is 0. The molecule has 0 fully saturated rings. The van der Waals surface area contributed by atoms with E-state index in [0.29, 0.717) is 12.4 Å². The van der Waals surface area contributed by atoms with E-state index in [1.165, 1.54) is 5.56 Å². The van der Waals surface area contributed by atoms with Crippen molar-refractivity contribution < 1.29 is 4.42 Å². The Bertz CT molecular complexity index is 867. The number of nitrogens with zero attached hydrogens (tertiary/aromatic N) is 3. The maximum atomic E-state index is 5.57. The van der Waals surface area contributed by atoms with Crippen molar-refractivity contribution in [1.82, 2.24) is 20.5 Å². The van der Waals surface area contributed by atoms with E-state index >= 15 is 0 Å². The first-order valence-electron chi connectivity index (χ1n) is 9.41. The summed E-state index contributed by atoms with van der Waals surface area (Å²) < 4.78 is 5.57. The lowest BCUT2D eigenvalue weighted by Crippen LogP contribution is -2.40. The molecule has 3 rings (SSSR count). The van der Waals surface area contributed by atoms with Gasteiger partial charge in [-0.15, -0.1) is 24.0 Å². The molecule has 0 saturated carbocycles. The molecule has 0 bridgehead atoms. The standard InChI is InChI=1S/C22H27N5O.HI/c1-23-22(24-13-14-27(2)16-18-9-5-3-6-10-18)25-15-20-17-28-21(26-20)19-11-7-4-8-12-19;/h3-12,17H,13-16H2,1-2H3,(H2,23,24,25);1H. The molecule has 0 radical (unpaired) electrons. The highest BCUT2D eigenvalue weighted by Crippen LogP contribution is 2.17. The van der Waals surface area contributed by atoms with Gasteiger partial charge in [0.15, 0.2) is 5.96 Å². The second kappa shape index (κ2) is 12.2. The Labute approximate surface area is 189 Å². The molecule has 0 aliphatic rings. The molecule has 1 heterocycles. The normalized spacial score (nSPS) is 11.2. The van der Waals surface area contributed by atoms with Crippen molar-refractivity contribution >= 4 is 29.9 Å². The lowest BCUT2D eigenvalue weighted by atomic mass is 10.2. The van der Waals surface area contributed by atoms with Crippen molar-refractivity contribution in [2.45, 2.75) is 13.1 Å². The number of hydrogen-bond acceptors (Lipinski definition) is 4. The van der Waals surface area contributed by atoms with Crippen LogP contribution in [0.1, 0.15) is 11.3 Å². The second-order valence-corrected chi connectivity index (χ2v) is 6.59. The third-order valence-electron chi connectivity index (χ3n) is 4.31. The molecule has 0 aliphatic carbocycles. The summed E-state index contributed by atoms with van der Waals surface area (Å²) in [5, 5.41) is 6.61. The molecule has 0 atom stereocenters. The summed E-state index contributed by atoms with van der Waals surface area (Å²) in [7, 11) is 3.88. The van der Waals surface area contributed by atoms with Gasteiger partial charge in [-0.2, -0.15) is 0 Å². The number of halogens is 1. The van der Waals surface area contributed by atoms with E-state index in [1.54, 1.807) is 13.3 Å². The zero-order chi connectivity index (χ0) is 19.6. The Morgan fingerprint density at radius 2 is 1.72 bits per heavy atom. The van der Waals surface area contributed by atoms with Crippen LogP contribution in [0.2, 0.25) is 0 Å². The van der Waals surface area contributed by atoms with Gasteiger partial charge in [0.05, 0.1) is 12.2 Å². The van der Waals surface area contributed by atoms with Gasteiger partial charge < -0.3 is 20.0 Å². The molecule has 154 valence electrons. The third kappa shape index (κ3) is 7.51. The van der Waals surface area contributed by atoms with Gasteiger partial charge >= 0.3 is 0 Å². The molecule has 6 nitrogen and oxygen atoms in total. The summed E-state index contributed by atoms with van der Waals surface area (Å²) in [4.78, 5) is 11.1. The lowest BCUT2D eigenvalue weighted by Gasteiger charge is -2.18. The fourth-order valence-corrected chi connectivity index (χ4v) is 2.84. The van der Waals surface area contributed by atoms with Gasteiger partial charge in [-0.05, 0) is 24.7 Å². The van der Waals surface area contributed by atoms with Crippen LogP contribution in [0.4, 0.5) is 0 Å². The first-order chi connectivity index (χ1) is 13.7. The Kier molecular flexibility index (Phi) is 9.66. The average Bonchev–Trinajstić information content (AvgIpc) is 3.21. The fourth-order valence-electron chi connectivity index (χ4n) is 2.84. The van der Waals surface area contributed by atoms with E-state index in [9.17, 15) is 0 Å². The molecule has 2 aromatic carbocycles. The molecule has 0 unspecified atom stereocenters. The van der Waals surface area contributed by atoms with Crippen LogP contribution in [-0.4, -0.2) is 43.0 Å². The number of rotatable bonds is 8. The SMILES string of the molecule is CN=C(NCCN(C)Cc1ccccc1)NCc1coc(-c2ccccc2)n1.I. The molecule has 7 heteroatoms. The van der Waals surface area contributed by atoms with Crippen LogP contribution in [-0.2, 0) is 13.1 Å². The van der Waals surface area contributed by atoms with Gasteiger partial charge in [0.25, 0.3) is 0 Å². The van der Waals surface area contributed by atoms with Crippen LogP contribution in [0.5, 0.6) is 0 Å². The van der Waals surface area contributed by atoms with Crippen LogP contribution in [0.3, 0.4) is 0 Å². The Hall–Kier alpha value is -2.39. The van der Waals surface area contributed by atoms with E-state index in [-0.39, 0.29) is 24.0 Å². The Balaban J connectivity index is 0.00000300. The van der Waals surface area contributed by atoms with E-state index in [4.69, 9.17) is 4.42 Å². The largest absolute Gasteiger partial charge is 0.444 e. The molecule has 1 aromatic heterocycles. The highest BCUT2D eigenvalue weighted by Gasteiger charge is 2.07. The van der Waals surface area contributed by atoms with Crippen LogP contribution >= 0.6 is 24.0 Å². The molecular formula is C22H28IN5O. The first-order valence-corrected chi connectivity index (χ1v) is 9.41. The van der Waals surface area contributed by atoms with Crippen LogP contribution < -0.4 is 10.6 Å². The number of nitrogens with one attached hydrogen (secondary N) is 2. The van der Waals surface area contributed by atoms with Crippen molar-refractivity contribution in [3.8, 4) is 11.5 Å². The van der Waals surface area contributed by atoms with E-state index < -0.39 is 0 Å². The van der Waals surface area contributed by atoms with E-state index in [1.807, 2.05) is 36.4 Å². The van der Waals surface area contributed by atoms with Gasteiger partial charge in [0.2, 0.25) is 5.89 Å². The lowest BCUT2D eigenvalue weighted by molar-refractivity contribution is 0.331. The Morgan fingerprint density at radius 3 is 2.41 bits per heavy atom. The predicted molar refractivity (Wildman–Crippen MR) is 128 cm³/mol. The van der Waals surface area contributed by atoms with Crippen LogP contribution in [0.25, 0.3) is 11.5 Å². The number of oxazole rings is 1. The topological polar surface area (TPSA) is 65.7 Å². The minimum absolute atomic E-state index is 0. The highest BCUT2D eigenvalue weighted by atomic mass is 127. The molecular weight excluding hydrogens is 477 g/mol. The summed E-state index contributed by atoms with van der Waals surface area (Å²) in [5.41, 5.74) is 3.12. The summed E-state index contributed by atoms with van der Waals surface area (Å²) in [6, 6.07) is 20.3. The van der Waals surface area contributed by atoms with Crippen molar-refractivity contribution in [3.05, 3.63) is 78.2 Å². The van der Waals surface area contributed by atoms with Gasteiger partial charge in [0.1, 0.15) is 6.26 Å². The van der Waals surface area contributed by atoms with Crippen LogP contribution in [0.15, 0.2) is 76.3 Å². The summed E-state index contributed by atoms with van der Waals surface area (Å²) in [6.45, 7) is 3.19. The number of guanidine groups is 1. The third-order valence-corrected chi connectivity index (χ3v) is 4.31. The average molecular weight is 505 g/mol. The Morgan fingerprint density at radius 1 is 1.03 bits per heavy atom. The first kappa shape index (κ1) is 22.9. The zero-order valence-electron chi connectivity index (χ0n) is 16.8. The predicted octanol–water partition coefficient (Wildman–Crippen LogP) is 3.76. The van der Waals surface area contributed by atoms with E-state index in [0.717, 1.165) is 36.9 Å². The number of likely N-dealkylation sites (N-methyl/N-ethyl adjacent to an activating group) is 1. The summed E-state index contributed by atoms with van der Waals surface area (Å²) >= 11 is 0. The van der Waals surface area contributed by atoms with E-state index in [2.05, 4.69) is 56.8 Å². The fraction of sp³-hybridized carbons (Fsp3) is 0.273. The van der Waals surface area contributed by atoms with Crippen LogP contribution in [0, 0.1) is 0 Å². The molecule has 0 spiro atoms. The number of benzene rings is 2. The quantitative estimate of drug-likeness (QED) is 0.277. The molecule has 0 aliphatic heterocycles. The van der Waals surface area contributed by atoms with Crippen molar-refractivity contribution in [1.29, 1.82) is 0 Å².